The Morgan fingerprint density at radius 1 is 0.861 bits per heavy atom. The molecular weight excluding hydrogens is 450 g/mol. The molecule has 0 saturated carbocycles. The van der Waals surface area contributed by atoms with Crippen molar-refractivity contribution in [3.05, 3.63) is 101 Å². The first kappa shape index (κ1) is 25.5. The summed E-state index contributed by atoms with van der Waals surface area (Å²) in [5.41, 5.74) is 4.72. The minimum atomic E-state index is -0.472. The number of para-hydroxylation sites is 1. The van der Waals surface area contributed by atoms with E-state index in [9.17, 15) is 9.59 Å². The van der Waals surface area contributed by atoms with Crippen LogP contribution >= 0.6 is 0 Å². The number of hydrogen-bond acceptors (Lipinski definition) is 5. The molecule has 0 spiro atoms. The van der Waals surface area contributed by atoms with Crippen LogP contribution in [0.3, 0.4) is 0 Å². The van der Waals surface area contributed by atoms with Gasteiger partial charge in [-0.05, 0) is 48.7 Å². The number of nitrogens with zero attached hydrogens (tertiary/aromatic N) is 2. The molecule has 36 heavy (non-hydrogen) atoms. The van der Waals surface area contributed by atoms with Crippen LogP contribution in [0.15, 0.2) is 78.9 Å². The number of hydrogen-bond donors (Lipinski definition) is 1. The van der Waals surface area contributed by atoms with Gasteiger partial charge < -0.3 is 15.0 Å². The quantitative estimate of drug-likeness (QED) is 0.454. The Morgan fingerprint density at radius 3 is 2.19 bits per heavy atom. The van der Waals surface area contributed by atoms with Crippen LogP contribution in [0.4, 0.5) is 5.69 Å². The molecule has 3 aromatic rings. The van der Waals surface area contributed by atoms with Crippen molar-refractivity contribution >= 4 is 17.6 Å². The maximum atomic E-state index is 13.3. The molecule has 1 amide bonds. The van der Waals surface area contributed by atoms with Crippen molar-refractivity contribution in [2.75, 3.05) is 44.2 Å². The summed E-state index contributed by atoms with van der Waals surface area (Å²) in [6.07, 6.45) is 0. The van der Waals surface area contributed by atoms with Crippen LogP contribution in [0.2, 0.25) is 0 Å². The van der Waals surface area contributed by atoms with Gasteiger partial charge >= 0.3 is 5.97 Å². The summed E-state index contributed by atoms with van der Waals surface area (Å²) < 4.78 is 5.11. The van der Waals surface area contributed by atoms with Gasteiger partial charge in [-0.2, -0.15) is 0 Å². The molecule has 1 unspecified atom stereocenters. The number of piperazine rings is 1. The number of amides is 1. The molecule has 0 bridgehead atoms. The van der Waals surface area contributed by atoms with Gasteiger partial charge in [0.2, 0.25) is 5.91 Å². The highest BCUT2D eigenvalue weighted by molar-refractivity contribution is 5.91. The van der Waals surface area contributed by atoms with Crippen LogP contribution in [0.5, 0.6) is 0 Å². The van der Waals surface area contributed by atoms with Crippen molar-refractivity contribution in [3.8, 4) is 0 Å². The Balaban J connectivity index is 1.56. The number of nitrogens with one attached hydrogen (secondary N) is 1. The molecule has 0 aromatic heterocycles. The fourth-order valence-electron chi connectivity index (χ4n) is 4.78. The van der Waals surface area contributed by atoms with Gasteiger partial charge in [-0.3, -0.25) is 9.69 Å². The third-order valence-corrected chi connectivity index (χ3v) is 6.58. The second kappa shape index (κ2) is 12.4. The lowest BCUT2D eigenvalue weighted by Crippen LogP contribution is -2.46. The molecule has 1 heterocycles. The lowest BCUT2D eigenvalue weighted by molar-refractivity contribution is -0.121. The average molecular weight is 486 g/mol. The summed E-state index contributed by atoms with van der Waals surface area (Å²) in [4.78, 5) is 30.3. The highest BCUT2D eigenvalue weighted by atomic mass is 16.5. The fourth-order valence-corrected chi connectivity index (χ4v) is 4.78. The van der Waals surface area contributed by atoms with Gasteiger partial charge in [0.1, 0.15) is 0 Å². The van der Waals surface area contributed by atoms with Crippen molar-refractivity contribution in [2.45, 2.75) is 26.3 Å². The zero-order valence-corrected chi connectivity index (χ0v) is 21.2. The van der Waals surface area contributed by atoms with E-state index < -0.39 is 5.92 Å². The molecule has 3 aromatic carbocycles. The fraction of sp³-hybridized carbons (Fsp3) is 0.333. The lowest BCUT2D eigenvalue weighted by Gasteiger charge is -2.37. The topological polar surface area (TPSA) is 61.9 Å². The van der Waals surface area contributed by atoms with Gasteiger partial charge in [0.15, 0.2) is 0 Å². The van der Waals surface area contributed by atoms with Crippen molar-refractivity contribution in [2.24, 2.45) is 0 Å². The van der Waals surface area contributed by atoms with Gasteiger partial charge in [-0.15, -0.1) is 0 Å². The number of ether oxygens (including phenoxy) is 1. The minimum Gasteiger partial charge on any atom is -0.462 e. The molecule has 1 atom stereocenters. The van der Waals surface area contributed by atoms with Crippen molar-refractivity contribution in [3.63, 3.8) is 0 Å². The van der Waals surface area contributed by atoms with Crippen LogP contribution in [0.25, 0.3) is 0 Å². The SMILES string of the molecule is CCNC(=O)C(c1ccc(C(=O)OCC)cc1)c1ccccc1N1CCN(Cc2ccccc2)CC1. The maximum absolute atomic E-state index is 13.3. The van der Waals surface area contributed by atoms with Crippen LogP contribution in [0, 0.1) is 0 Å². The van der Waals surface area contributed by atoms with E-state index in [1.54, 1.807) is 19.1 Å². The Hall–Kier alpha value is -3.64. The Labute approximate surface area is 213 Å². The predicted molar refractivity (Wildman–Crippen MR) is 143 cm³/mol. The summed E-state index contributed by atoms with van der Waals surface area (Å²) in [5.74, 6) is -0.872. The average Bonchev–Trinajstić information content (AvgIpc) is 2.91. The largest absolute Gasteiger partial charge is 0.462 e. The molecule has 1 N–H and O–H groups in total. The number of carbonyl (C=O) groups excluding carboxylic acids is 2. The predicted octanol–water partition coefficient (Wildman–Crippen LogP) is 4.45. The highest BCUT2D eigenvalue weighted by Crippen LogP contribution is 2.34. The summed E-state index contributed by atoms with van der Waals surface area (Å²) >= 11 is 0. The Morgan fingerprint density at radius 2 is 1.53 bits per heavy atom. The van der Waals surface area contributed by atoms with Gasteiger partial charge in [-0.1, -0.05) is 60.7 Å². The van der Waals surface area contributed by atoms with Gasteiger partial charge in [-0.25, -0.2) is 4.79 Å². The number of rotatable bonds is 9. The number of esters is 1. The number of anilines is 1. The number of likely N-dealkylation sites (N-methyl/N-ethyl adjacent to an activating group) is 1. The summed E-state index contributed by atoms with van der Waals surface area (Å²) in [7, 11) is 0. The molecule has 6 nitrogen and oxygen atoms in total. The first-order valence-electron chi connectivity index (χ1n) is 12.8. The lowest BCUT2D eigenvalue weighted by atomic mass is 9.88. The van der Waals surface area contributed by atoms with E-state index >= 15 is 0 Å². The van der Waals surface area contributed by atoms with Gasteiger partial charge in [0.05, 0.1) is 18.1 Å². The molecule has 1 aliphatic rings. The molecule has 4 rings (SSSR count). The molecule has 0 radical (unpaired) electrons. The maximum Gasteiger partial charge on any atom is 0.338 e. The molecule has 0 aliphatic carbocycles. The molecular formula is C30H35N3O3. The minimum absolute atomic E-state index is 0.0449. The summed E-state index contributed by atoms with van der Waals surface area (Å²) in [6.45, 7) is 9.26. The van der Waals surface area contributed by atoms with E-state index in [0.29, 0.717) is 18.7 Å². The van der Waals surface area contributed by atoms with Crippen molar-refractivity contribution in [1.29, 1.82) is 0 Å². The molecule has 188 valence electrons. The van der Waals surface area contributed by atoms with E-state index in [2.05, 4.69) is 45.4 Å². The van der Waals surface area contributed by atoms with E-state index in [1.165, 1.54) is 5.56 Å². The normalized spacial score (nSPS) is 14.8. The molecule has 6 heteroatoms. The second-order valence-corrected chi connectivity index (χ2v) is 8.98. The zero-order valence-electron chi connectivity index (χ0n) is 21.2. The van der Waals surface area contributed by atoms with Crippen LogP contribution in [-0.4, -0.2) is 56.1 Å². The van der Waals surface area contributed by atoms with E-state index in [0.717, 1.165) is 49.5 Å². The Kier molecular flexibility index (Phi) is 8.74. The van der Waals surface area contributed by atoms with Crippen LogP contribution < -0.4 is 10.2 Å². The van der Waals surface area contributed by atoms with E-state index in [1.807, 2.05) is 43.3 Å². The van der Waals surface area contributed by atoms with Crippen LogP contribution in [0.1, 0.15) is 46.8 Å². The summed E-state index contributed by atoms with van der Waals surface area (Å²) in [6, 6.07) is 26.0. The van der Waals surface area contributed by atoms with E-state index in [-0.39, 0.29) is 11.9 Å². The van der Waals surface area contributed by atoms with Crippen molar-refractivity contribution < 1.29 is 14.3 Å². The van der Waals surface area contributed by atoms with E-state index in [4.69, 9.17) is 4.74 Å². The summed E-state index contributed by atoms with van der Waals surface area (Å²) in [5, 5.41) is 3.01. The zero-order chi connectivity index (χ0) is 25.3. The third-order valence-electron chi connectivity index (χ3n) is 6.58. The first-order chi connectivity index (χ1) is 17.6. The smallest absolute Gasteiger partial charge is 0.338 e. The highest BCUT2D eigenvalue weighted by Gasteiger charge is 2.28. The van der Waals surface area contributed by atoms with Gasteiger partial charge in [0, 0.05) is 45.0 Å². The third kappa shape index (κ3) is 6.13. The second-order valence-electron chi connectivity index (χ2n) is 8.98. The monoisotopic (exact) mass is 485 g/mol. The Bertz CT molecular complexity index is 1140. The standard InChI is InChI=1S/C30H35N3O3/c1-3-31-29(34)28(24-14-16-25(17-15-24)30(35)36-4-2)26-12-8-9-13-27(26)33-20-18-32(19-21-33)22-23-10-6-5-7-11-23/h5-17,28H,3-4,18-22H2,1-2H3,(H,31,34). The molecule has 1 fully saturated rings. The molecule has 1 saturated heterocycles. The number of carbonyl (C=O) groups is 2. The first-order valence-corrected chi connectivity index (χ1v) is 12.8. The van der Waals surface area contributed by atoms with Gasteiger partial charge in [0.25, 0.3) is 0 Å². The number of benzene rings is 3. The van der Waals surface area contributed by atoms with Crippen LogP contribution in [-0.2, 0) is 16.1 Å². The molecule has 1 aliphatic heterocycles. The van der Waals surface area contributed by atoms with Crippen molar-refractivity contribution in [1.82, 2.24) is 10.2 Å².